The fourth-order valence-electron chi connectivity index (χ4n) is 3.11. The second-order valence-corrected chi connectivity index (χ2v) is 5.95. The summed E-state index contributed by atoms with van der Waals surface area (Å²) in [5, 5.41) is 3.80. The number of nitrogens with zero attached hydrogens (tertiary/aromatic N) is 1. The van der Waals surface area contributed by atoms with Crippen LogP contribution in [0.15, 0.2) is 24.3 Å². The third-order valence-electron chi connectivity index (χ3n) is 4.44. The normalized spacial score (nSPS) is 21.8. The summed E-state index contributed by atoms with van der Waals surface area (Å²) in [5.41, 5.74) is 1.34. The third kappa shape index (κ3) is 5.01. The first-order valence-corrected chi connectivity index (χ1v) is 8.44. The van der Waals surface area contributed by atoms with E-state index in [-0.39, 0.29) is 0 Å². The van der Waals surface area contributed by atoms with Crippen LogP contribution in [0.3, 0.4) is 0 Å². The molecule has 1 aromatic rings. The molecular weight excluding hydrogens is 260 g/mol. The van der Waals surface area contributed by atoms with Crippen molar-refractivity contribution in [3.05, 3.63) is 29.8 Å². The summed E-state index contributed by atoms with van der Waals surface area (Å²) in [6, 6.07) is 9.54. The minimum absolute atomic E-state index is 0.402. The summed E-state index contributed by atoms with van der Waals surface area (Å²) >= 11 is 0. The molecule has 1 aliphatic heterocycles. The predicted octanol–water partition coefficient (Wildman–Crippen LogP) is 3.61. The molecule has 2 atom stereocenters. The third-order valence-corrected chi connectivity index (χ3v) is 4.44. The van der Waals surface area contributed by atoms with E-state index in [1.165, 1.54) is 44.5 Å². The lowest BCUT2D eigenvalue weighted by atomic mass is 10.0. The Morgan fingerprint density at radius 1 is 1.19 bits per heavy atom. The highest BCUT2D eigenvalue weighted by Gasteiger charge is 2.18. The standard InChI is InChI=1S/C18H30N2O/c1-4-20-13-6-7-17(12-14-20)19-15(3)16-8-10-18(11-9-16)21-5-2/h8-11,15,17,19H,4-7,12-14H2,1-3H3. The van der Waals surface area contributed by atoms with Gasteiger partial charge in [0.2, 0.25) is 0 Å². The lowest BCUT2D eigenvalue weighted by Crippen LogP contribution is -2.32. The van der Waals surface area contributed by atoms with Crippen molar-refractivity contribution in [2.75, 3.05) is 26.2 Å². The zero-order valence-electron chi connectivity index (χ0n) is 13.8. The van der Waals surface area contributed by atoms with Crippen molar-refractivity contribution in [2.24, 2.45) is 0 Å². The van der Waals surface area contributed by atoms with E-state index in [9.17, 15) is 0 Å². The van der Waals surface area contributed by atoms with E-state index in [1.54, 1.807) is 0 Å². The van der Waals surface area contributed by atoms with Crippen molar-refractivity contribution in [1.29, 1.82) is 0 Å². The zero-order chi connectivity index (χ0) is 15.1. The summed E-state index contributed by atoms with van der Waals surface area (Å²) in [6.07, 6.45) is 3.86. The first-order valence-electron chi connectivity index (χ1n) is 8.44. The van der Waals surface area contributed by atoms with Crippen LogP contribution in [0.4, 0.5) is 0 Å². The Hall–Kier alpha value is -1.06. The predicted molar refractivity (Wildman–Crippen MR) is 88.9 cm³/mol. The number of likely N-dealkylation sites (tertiary alicyclic amines) is 1. The van der Waals surface area contributed by atoms with Gasteiger partial charge in [0.15, 0.2) is 0 Å². The molecule has 1 fully saturated rings. The van der Waals surface area contributed by atoms with Crippen LogP contribution in [0.25, 0.3) is 0 Å². The molecule has 21 heavy (non-hydrogen) atoms. The van der Waals surface area contributed by atoms with Crippen LogP contribution in [0.1, 0.15) is 51.6 Å². The van der Waals surface area contributed by atoms with E-state index in [0.717, 1.165) is 12.4 Å². The Kier molecular flexibility index (Phi) is 6.52. The molecule has 1 aromatic carbocycles. The van der Waals surface area contributed by atoms with Crippen LogP contribution in [0.2, 0.25) is 0 Å². The summed E-state index contributed by atoms with van der Waals surface area (Å²) in [4.78, 5) is 2.56. The monoisotopic (exact) mass is 290 g/mol. The van der Waals surface area contributed by atoms with Crippen molar-refractivity contribution >= 4 is 0 Å². The first-order chi connectivity index (χ1) is 10.2. The highest BCUT2D eigenvalue weighted by atomic mass is 16.5. The van der Waals surface area contributed by atoms with Crippen LogP contribution in [-0.4, -0.2) is 37.2 Å². The maximum Gasteiger partial charge on any atom is 0.119 e. The van der Waals surface area contributed by atoms with Crippen molar-refractivity contribution < 1.29 is 4.74 Å². The molecule has 1 aliphatic rings. The summed E-state index contributed by atoms with van der Waals surface area (Å²) in [6.45, 7) is 10.9. The van der Waals surface area contributed by atoms with Crippen LogP contribution in [0.5, 0.6) is 5.75 Å². The molecule has 3 heteroatoms. The van der Waals surface area contributed by atoms with Crippen molar-refractivity contribution in [2.45, 2.75) is 52.1 Å². The van der Waals surface area contributed by atoms with Gasteiger partial charge in [0.1, 0.15) is 5.75 Å². The maximum absolute atomic E-state index is 5.51. The number of hydrogen-bond acceptors (Lipinski definition) is 3. The quantitative estimate of drug-likeness (QED) is 0.866. The van der Waals surface area contributed by atoms with E-state index < -0.39 is 0 Å². The van der Waals surface area contributed by atoms with Crippen molar-refractivity contribution in [3.8, 4) is 5.75 Å². The molecule has 3 nitrogen and oxygen atoms in total. The summed E-state index contributed by atoms with van der Waals surface area (Å²) in [7, 11) is 0. The number of hydrogen-bond donors (Lipinski definition) is 1. The molecule has 0 spiro atoms. The SMILES string of the molecule is CCOc1ccc(C(C)NC2CCCN(CC)CC2)cc1. The van der Waals surface area contributed by atoms with Gasteiger partial charge in [0, 0.05) is 12.1 Å². The largest absolute Gasteiger partial charge is 0.494 e. The van der Waals surface area contributed by atoms with E-state index in [0.29, 0.717) is 12.1 Å². The Labute approximate surface area is 129 Å². The van der Waals surface area contributed by atoms with E-state index >= 15 is 0 Å². The van der Waals surface area contributed by atoms with Crippen LogP contribution >= 0.6 is 0 Å². The molecule has 0 aromatic heterocycles. The van der Waals surface area contributed by atoms with Crippen molar-refractivity contribution in [1.82, 2.24) is 10.2 Å². The summed E-state index contributed by atoms with van der Waals surface area (Å²) in [5.74, 6) is 0.960. The number of benzene rings is 1. The molecule has 0 bridgehead atoms. The van der Waals surface area contributed by atoms with Crippen LogP contribution in [-0.2, 0) is 0 Å². The van der Waals surface area contributed by atoms with Gasteiger partial charge in [-0.1, -0.05) is 19.1 Å². The Morgan fingerprint density at radius 2 is 1.95 bits per heavy atom. The van der Waals surface area contributed by atoms with Gasteiger partial charge < -0.3 is 15.0 Å². The van der Waals surface area contributed by atoms with E-state index in [1.807, 2.05) is 6.92 Å². The summed E-state index contributed by atoms with van der Waals surface area (Å²) < 4.78 is 5.51. The minimum atomic E-state index is 0.402. The minimum Gasteiger partial charge on any atom is -0.494 e. The molecule has 1 saturated heterocycles. The molecule has 2 rings (SSSR count). The van der Waals surface area contributed by atoms with Gasteiger partial charge in [-0.25, -0.2) is 0 Å². The Balaban J connectivity index is 1.86. The topological polar surface area (TPSA) is 24.5 Å². The Morgan fingerprint density at radius 3 is 2.62 bits per heavy atom. The molecule has 118 valence electrons. The average Bonchev–Trinajstić information content (AvgIpc) is 2.73. The van der Waals surface area contributed by atoms with Gasteiger partial charge in [-0.15, -0.1) is 0 Å². The molecule has 1 N–H and O–H groups in total. The van der Waals surface area contributed by atoms with E-state index in [4.69, 9.17) is 4.74 Å². The fraction of sp³-hybridized carbons (Fsp3) is 0.667. The average molecular weight is 290 g/mol. The Bertz CT molecular complexity index is 404. The molecular formula is C18H30N2O. The zero-order valence-corrected chi connectivity index (χ0v) is 13.8. The highest BCUT2D eigenvalue weighted by Crippen LogP contribution is 2.20. The molecule has 2 unspecified atom stereocenters. The van der Waals surface area contributed by atoms with Gasteiger partial charge in [0.05, 0.1) is 6.61 Å². The van der Waals surface area contributed by atoms with Gasteiger partial charge in [0.25, 0.3) is 0 Å². The second-order valence-electron chi connectivity index (χ2n) is 5.95. The molecule has 0 amide bonds. The number of rotatable bonds is 6. The molecule has 1 heterocycles. The fourth-order valence-corrected chi connectivity index (χ4v) is 3.11. The number of nitrogens with one attached hydrogen (secondary N) is 1. The number of ether oxygens (including phenoxy) is 1. The molecule has 0 aliphatic carbocycles. The second kappa shape index (κ2) is 8.40. The van der Waals surface area contributed by atoms with Gasteiger partial charge in [-0.2, -0.15) is 0 Å². The van der Waals surface area contributed by atoms with E-state index in [2.05, 4.69) is 48.3 Å². The lowest BCUT2D eigenvalue weighted by molar-refractivity contribution is 0.295. The smallest absolute Gasteiger partial charge is 0.119 e. The van der Waals surface area contributed by atoms with Crippen molar-refractivity contribution in [3.63, 3.8) is 0 Å². The first kappa shape index (κ1) is 16.3. The highest BCUT2D eigenvalue weighted by molar-refractivity contribution is 5.29. The molecule has 0 radical (unpaired) electrons. The van der Waals surface area contributed by atoms with Gasteiger partial charge in [-0.3, -0.25) is 0 Å². The van der Waals surface area contributed by atoms with Gasteiger partial charge >= 0.3 is 0 Å². The van der Waals surface area contributed by atoms with Crippen LogP contribution in [0, 0.1) is 0 Å². The molecule has 0 saturated carbocycles. The lowest BCUT2D eigenvalue weighted by Gasteiger charge is -2.23. The van der Waals surface area contributed by atoms with Gasteiger partial charge in [-0.05, 0) is 70.4 Å². The van der Waals surface area contributed by atoms with Crippen LogP contribution < -0.4 is 10.1 Å². The maximum atomic E-state index is 5.51.